The Morgan fingerprint density at radius 3 is 1.05 bits per heavy atom. The molecule has 0 spiro atoms. The molecule has 0 rings (SSSR count). The summed E-state index contributed by atoms with van der Waals surface area (Å²) in [5.74, 6) is -0.156. The van der Waals surface area contributed by atoms with E-state index in [1.165, 1.54) is 289 Å². The Morgan fingerprint density at radius 2 is 0.718 bits per heavy atom. The number of hydrogen-bond acceptors (Lipinski definition) is 6. The standard InChI is InChI=1S/C76H147N2O6P/c1-6-8-10-12-14-16-18-20-22-24-26-28-30-31-32-33-34-35-36-37-38-39-40-41-42-43-44-45-46-47-48-50-52-54-56-58-60-62-64-66-68-70-76(80)77-74(73-84-85(81,82)83-72-71-78(3,4)5)75(79)69-67-65-63-61-59-57-55-53-51-49-29-27-25-23-21-19-17-15-13-11-9-7-2/h8,10,14,16,20,22,26,28,74-75,79H,6-7,9,11-13,15,17-19,21,23-25,27,29-73H2,1-5H3,(H-,77,80,81,82)/b10-8-,16-14-,22-20-,28-26-. The number of aliphatic hydroxyl groups excluding tert-OH is 1. The number of phosphoric ester groups is 1. The zero-order valence-corrected chi connectivity index (χ0v) is 58.5. The molecule has 0 aromatic rings. The molecular weight excluding hydrogens is 1070 g/mol. The maximum atomic E-state index is 13.1. The van der Waals surface area contributed by atoms with Crippen LogP contribution < -0.4 is 10.2 Å². The van der Waals surface area contributed by atoms with Gasteiger partial charge < -0.3 is 28.8 Å². The van der Waals surface area contributed by atoms with E-state index in [0.717, 1.165) is 64.2 Å². The number of amides is 1. The molecule has 0 aliphatic heterocycles. The summed E-state index contributed by atoms with van der Waals surface area (Å²) < 4.78 is 23.6. The molecule has 3 atom stereocenters. The van der Waals surface area contributed by atoms with E-state index in [0.29, 0.717) is 23.9 Å². The number of nitrogens with zero attached hydrogens (tertiary/aromatic N) is 1. The summed E-state index contributed by atoms with van der Waals surface area (Å²) in [5, 5.41) is 14.1. The van der Waals surface area contributed by atoms with Crippen LogP contribution in [0.25, 0.3) is 0 Å². The molecule has 0 aliphatic carbocycles. The van der Waals surface area contributed by atoms with Crippen LogP contribution in [0.1, 0.15) is 380 Å². The zero-order chi connectivity index (χ0) is 61.9. The van der Waals surface area contributed by atoms with Gasteiger partial charge in [-0.1, -0.05) is 371 Å². The minimum Gasteiger partial charge on any atom is -0.756 e. The van der Waals surface area contributed by atoms with Crippen molar-refractivity contribution in [2.45, 2.75) is 392 Å². The Labute approximate surface area is 530 Å². The van der Waals surface area contributed by atoms with Crippen molar-refractivity contribution in [3.05, 3.63) is 48.6 Å². The van der Waals surface area contributed by atoms with Gasteiger partial charge in [0.1, 0.15) is 13.2 Å². The van der Waals surface area contributed by atoms with Gasteiger partial charge in [0.2, 0.25) is 5.91 Å². The second-order valence-corrected chi connectivity index (χ2v) is 28.4. The fourth-order valence-electron chi connectivity index (χ4n) is 11.6. The second-order valence-electron chi connectivity index (χ2n) is 27.0. The van der Waals surface area contributed by atoms with Crippen LogP contribution in [-0.2, 0) is 18.4 Å². The lowest BCUT2D eigenvalue weighted by Crippen LogP contribution is -2.46. The Bertz CT molecular complexity index is 1530. The molecule has 0 fully saturated rings. The van der Waals surface area contributed by atoms with Gasteiger partial charge in [-0.2, -0.15) is 0 Å². The van der Waals surface area contributed by atoms with Crippen molar-refractivity contribution in [2.75, 3.05) is 40.9 Å². The number of nitrogens with one attached hydrogen (secondary N) is 1. The molecule has 0 aromatic carbocycles. The zero-order valence-electron chi connectivity index (χ0n) is 57.6. The van der Waals surface area contributed by atoms with Crippen molar-refractivity contribution >= 4 is 13.7 Å². The molecule has 2 N–H and O–H groups in total. The largest absolute Gasteiger partial charge is 0.756 e. The normalized spacial score (nSPS) is 13.8. The number of rotatable bonds is 70. The summed E-state index contributed by atoms with van der Waals surface area (Å²) in [5.41, 5.74) is 0. The van der Waals surface area contributed by atoms with Gasteiger partial charge in [0.05, 0.1) is 39.9 Å². The number of unbranched alkanes of at least 4 members (excludes halogenated alkanes) is 49. The van der Waals surface area contributed by atoms with Crippen LogP contribution in [0.5, 0.6) is 0 Å². The fourth-order valence-corrected chi connectivity index (χ4v) is 12.3. The van der Waals surface area contributed by atoms with Gasteiger partial charge >= 0.3 is 0 Å². The SMILES string of the molecule is CC/C=C\C/C=C\C/C=C\C/C=C\CCCCCCCCCCCCCCCCCCCCCCCCCCCCCCC(=O)NC(COP(=O)([O-])OCC[N+](C)(C)C)C(O)CCCCCCCCCCCCCCCCCCCCCCCC. The van der Waals surface area contributed by atoms with Crippen molar-refractivity contribution in [2.24, 2.45) is 0 Å². The number of quaternary nitrogens is 1. The summed E-state index contributed by atoms with van der Waals surface area (Å²) in [6.07, 6.45) is 90.7. The molecule has 85 heavy (non-hydrogen) atoms. The van der Waals surface area contributed by atoms with Gasteiger partial charge in [0.15, 0.2) is 0 Å². The second kappa shape index (κ2) is 66.9. The van der Waals surface area contributed by atoms with Crippen molar-refractivity contribution in [1.82, 2.24) is 5.32 Å². The monoisotopic (exact) mass is 1220 g/mol. The van der Waals surface area contributed by atoms with Crippen LogP contribution in [0, 0.1) is 0 Å². The summed E-state index contributed by atoms with van der Waals surface area (Å²) in [6, 6.07) is -0.800. The van der Waals surface area contributed by atoms with Gasteiger partial charge in [0.25, 0.3) is 7.82 Å². The average molecular weight is 1220 g/mol. The molecule has 0 heterocycles. The van der Waals surface area contributed by atoms with Crippen LogP contribution in [0.15, 0.2) is 48.6 Å². The maximum absolute atomic E-state index is 13.1. The summed E-state index contributed by atoms with van der Waals surface area (Å²) in [7, 11) is 1.33. The molecule has 0 saturated heterocycles. The minimum atomic E-state index is -4.58. The lowest BCUT2D eigenvalue weighted by atomic mass is 10.0. The Balaban J connectivity index is 3.87. The predicted molar refractivity (Wildman–Crippen MR) is 371 cm³/mol. The van der Waals surface area contributed by atoms with Gasteiger partial charge in [-0.25, -0.2) is 0 Å². The van der Waals surface area contributed by atoms with E-state index in [-0.39, 0.29) is 19.1 Å². The van der Waals surface area contributed by atoms with Gasteiger partial charge in [0, 0.05) is 6.42 Å². The number of likely N-dealkylation sites (N-methyl/N-ethyl adjacent to an activating group) is 1. The average Bonchev–Trinajstić information content (AvgIpc) is 3.48. The Kier molecular flexibility index (Phi) is 65.7. The van der Waals surface area contributed by atoms with Crippen LogP contribution >= 0.6 is 7.82 Å². The number of aliphatic hydroxyl groups is 1. The predicted octanol–water partition coefficient (Wildman–Crippen LogP) is 23.5. The van der Waals surface area contributed by atoms with E-state index in [9.17, 15) is 19.4 Å². The van der Waals surface area contributed by atoms with Crippen LogP contribution in [0.2, 0.25) is 0 Å². The number of hydrogen-bond donors (Lipinski definition) is 2. The highest BCUT2D eigenvalue weighted by molar-refractivity contribution is 7.45. The summed E-state index contributed by atoms with van der Waals surface area (Å²) >= 11 is 0. The topological polar surface area (TPSA) is 108 Å². The maximum Gasteiger partial charge on any atom is 0.268 e. The molecular formula is C76H147N2O6P. The molecule has 0 aliphatic rings. The molecule has 0 radical (unpaired) electrons. The molecule has 0 bridgehead atoms. The van der Waals surface area contributed by atoms with E-state index >= 15 is 0 Å². The molecule has 1 amide bonds. The third-order valence-corrected chi connectivity index (χ3v) is 18.3. The lowest BCUT2D eigenvalue weighted by Gasteiger charge is -2.30. The quantitative estimate of drug-likeness (QED) is 0.0272. The first-order chi connectivity index (χ1) is 41.5. The molecule has 0 saturated carbocycles. The van der Waals surface area contributed by atoms with Crippen LogP contribution in [-0.4, -0.2) is 68.5 Å². The van der Waals surface area contributed by atoms with Crippen LogP contribution in [0.4, 0.5) is 0 Å². The van der Waals surface area contributed by atoms with Gasteiger partial charge in [-0.3, -0.25) is 9.36 Å². The van der Waals surface area contributed by atoms with Crippen molar-refractivity contribution in [1.29, 1.82) is 0 Å². The number of carbonyl (C=O) groups excluding carboxylic acids is 1. The van der Waals surface area contributed by atoms with E-state index in [1.807, 2.05) is 21.1 Å². The van der Waals surface area contributed by atoms with Crippen molar-refractivity contribution in [3.63, 3.8) is 0 Å². The van der Waals surface area contributed by atoms with E-state index in [4.69, 9.17) is 9.05 Å². The fraction of sp³-hybridized carbons (Fsp3) is 0.882. The highest BCUT2D eigenvalue weighted by Crippen LogP contribution is 2.38. The van der Waals surface area contributed by atoms with E-state index < -0.39 is 20.0 Å². The minimum absolute atomic E-state index is 0.0149. The molecule has 9 heteroatoms. The summed E-state index contributed by atoms with van der Waals surface area (Å²) in [4.78, 5) is 25.7. The highest BCUT2D eigenvalue weighted by Gasteiger charge is 2.24. The highest BCUT2D eigenvalue weighted by atomic mass is 31.2. The lowest BCUT2D eigenvalue weighted by molar-refractivity contribution is -0.870. The Morgan fingerprint density at radius 1 is 0.424 bits per heavy atom. The molecule has 8 nitrogen and oxygen atoms in total. The first-order valence-electron chi connectivity index (χ1n) is 37.5. The van der Waals surface area contributed by atoms with E-state index in [2.05, 4.69) is 67.8 Å². The van der Waals surface area contributed by atoms with E-state index in [1.54, 1.807) is 0 Å². The summed E-state index contributed by atoms with van der Waals surface area (Å²) in [6.45, 7) is 4.67. The first kappa shape index (κ1) is 83.5. The van der Waals surface area contributed by atoms with Gasteiger partial charge in [-0.15, -0.1) is 0 Å². The first-order valence-corrected chi connectivity index (χ1v) is 38.9. The molecule has 0 aromatic heterocycles. The number of phosphoric acid groups is 1. The Hall–Kier alpha value is -1.54. The number of carbonyl (C=O) groups is 1. The number of allylic oxidation sites excluding steroid dienone is 8. The van der Waals surface area contributed by atoms with Crippen molar-refractivity contribution < 1.29 is 32.9 Å². The van der Waals surface area contributed by atoms with Gasteiger partial charge in [-0.05, 0) is 51.4 Å². The van der Waals surface area contributed by atoms with Crippen LogP contribution in [0.3, 0.4) is 0 Å². The third kappa shape index (κ3) is 69.8. The van der Waals surface area contributed by atoms with Crippen molar-refractivity contribution in [3.8, 4) is 0 Å². The third-order valence-electron chi connectivity index (χ3n) is 17.3. The molecule has 502 valence electrons. The molecule has 3 unspecified atom stereocenters. The smallest absolute Gasteiger partial charge is 0.268 e.